The number of nitrogens with zero attached hydrogens (tertiary/aromatic N) is 2. The minimum atomic E-state index is -0.923. The number of hydrogen-bond donors (Lipinski definition) is 3. The maximum absolute atomic E-state index is 12.4. The summed E-state index contributed by atoms with van der Waals surface area (Å²) in [5.41, 5.74) is 6.60. The van der Waals surface area contributed by atoms with E-state index in [9.17, 15) is 14.4 Å². The van der Waals surface area contributed by atoms with Gasteiger partial charge in [0, 0.05) is 5.56 Å². The number of primary amides is 1. The highest BCUT2D eigenvalue weighted by Crippen LogP contribution is 2.28. The summed E-state index contributed by atoms with van der Waals surface area (Å²) in [6.45, 7) is 3.21. The summed E-state index contributed by atoms with van der Waals surface area (Å²) in [7, 11) is 0. The molecule has 0 radical (unpaired) electrons. The number of anilines is 1. The van der Waals surface area contributed by atoms with Gasteiger partial charge in [-0.2, -0.15) is 0 Å². The third kappa shape index (κ3) is 4.89. The Labute approximate surface area is 181 Å². The highest BCUT2D eigenvalue weighted by molar-refractivity contribution is 7.99. The van der Waals surface area contributed by atoms with Crippen LogP contribution in [0.4, 0.5) is 5.88 Å². The van der Waals surface area contributed by atoms with E-state index in [1.165, 1.54) is 11.6 Å². The predicted octanol–water partition coefficient (Wildman–Crippen LogP) is 2.17. The first kappa shape index (κ1) is 22.0. The Morgan fingerprint density at radius 2 is 1.94 bits per heavy atom. The number of nitrogens with two attached hydrogens (primary N) is 2. The van der Waals surface area contributed by atoms with Crippen LogP contribution in [0.5, 0.6) is 0 Å². The Hall–Kier alpha value is -3.73. The van der Waals surface area contributed by atoms with Gasteiger partial charge in [-0.05, 0) is 13.8 Å². The summed E-state index contributed by atoms with van der Waals surface area (Å²) >= 11 is 1.09. The van der Waals surface area contributed by atoms with Crippen LogP contribution in [-0.2, 0) is 9.53 Å². The maximum atomic E-state index is 12.4. The number of imidazole rings is 1. The Morgan fingerprint density at radius 3 is 2.58 bits per heavy atom. The number of benzene rings is 1. The lowest BCUT2D eigenvalue weighted by atomic mass is 10.1. The lowest BCUT2D eigenvalue weighted by molar-refractivity contribution is -0.113. The van der Waals surface area contributed by atoms with Crippen molar-refractivity contribution in [2.24, 2.45) is 5.73 Å². The van der Waals surface area contributed by atoms with Crippen LogP contribution < -0.4 is 16.9 Å². The monoisotopic (exact) mass is 443 g/mol. The van der Waals surface area contributed by atoms with E-state index in [1.807, 2.05) is 30.3 Å². The standard InChI is InChI=1S/C20H21N5O5S/c1-3-29-19(28)15-11(2)30-18(16(15)17(21)27)24-14(26)10-31-20-23-13(9-25(20)22)12-7-5-4-6-8-12/h4-9H,3,10,22H2,1-2H3,(H2,21,27)(H,24,26). The zero-order valence-corrected chi connectivity index (χ0v) is 17.7. The number of furan rings is 1. The second-order valence-corrected chi connectivity index (χ2v) is 7.28. The molecule has 0 unspecified atom stereocenters. The van der Waals surface area contributed by atoms with Crippen LogP contribution >= 0.6 is 11.8 Å². The molecule has 0 fully saturated rings. The van der Waals surface area contributed by atoms with E-state index in [2.05, 4.69) is 10.3 Å². The molecule has 1 aromatic carbocycles. The van der Waals surface area contributed by atoms with Crippen molar-refractivity contribution in [2.75, 3.05) is 23.5 Å². The molecule has 10 nitrogen and oxygen atoms in total. The number of ether oxygens (including phenoxy) is 1. The molecule has 3 aromatic rings. The summed E-state index contributed by atoms with van der Waals surface area (Å²) in [6, 6.07) is 9.46. The first-order chi connectivity index (χ1) is 14.8. The van der Waals surface area contributed by atoms with E-state index < -0.39 is 17.8 Å². The SMILES string of the molecule is CCOC(=O)c1c(C)oc(NC(=O)CSc2nc(-c3ccccc3)cn2N)c1C(N)=O. The number of nitrogen functional groups attached to an aromatic ring is 1. The van der Waals surface area contributed by atoms with E-state index in [0.717, 1.165) is 17.3 Å². The first-order valence-electron chi connectivity index (χ1n) is 9.24. The van der Waals surface area contributed by atoms with Crippen molar-refractivity contribution in [1.29, 1.82) is 0 Å². The molecule has 0 saturated carbocycles. The molecule has 0 atom stereocenters. The molecule has 31 heavy (non-hydrogen) atoms. The van der Waals surface area contributed by atoms with Crippen LogP contribution in [0.25, 0.3) is 11.3 Å². The fourth-order valence-corrected chi connectivity index (χ4v) is 3.54. The Balaban J connectivity index is 1.72. The predicted molar refractivity (Wildman–Crippen MR) is 115 cm³/mol. The number of carbonyl (C=O) groups excluding carboxylic acids is 3. The van der Waals surface area contributed by atoms with Crippen LogP contribution in [0.15, 0.2) is 46.1 Å². The number of nitrogens with one attached hydrogen (secondary N) is 1. The Morgan fingerprint density at radius 1 is 1.23 bits per heavy atom. The fourth-order valence-electron chi connectivity index (χ4n) is 2.84. The number of rotatable bonds is 8. The van der Waals surface area contributed by atoms with Crippen LogP contribution in [0, 0.1) is 6.92 Å². The van der Waals surface area contributed by atoms with E-state index in [-0.39, 0.29) is 35.1 Å². The number of aromatic nitrogens is 2. The van der Waals surface area contributed by atoms with Crippen molar-refractivity contribution in [3.63, 3.8) is 0 Å². The van der Waals surface area contributed by atoms with Crippen LogP contribution in [0.3, 0.4) is 0 Å². The average molecular weight is 443 g/mol. The minimum absolute atomic E-state index is 0.0743. The molecule has 3 rings (SSSR count). The maximum Gasteiger partial charge on any atom is 0.342 e. The summed E-state index contributed by atoms with van der Waals surface area (Å²) in [5.74, 6) is 3.58. The van der Waals surface area contributed by atoms with Gasteiger partial charge in [-0.1, -0.05) is 42.1 Å². The topological polar surface area (TPSA) is 155 Å². The number of aryl methyl sites for hydroxylation is 1. The second kappa shape index (κ2) is 9.39. The number of esters is 1. The van der Waals surface area contributed by atoms with E-state index in [4.69, 9.17) is 20.7 Å². The van der Waals surface area contributed by atoms with Gasteiger partial charge in [0.2, 0.25) is 11.8 Å². The normalized spacial score (nSPS) is 10.6. The lowest BCUT2D eigenvalue weighted by Crippen LogP contribution is -2.21. The van der Waals surface area contributed by atoms with Gasteiger partial charge in [0.25, 0.3) is 5.91 Å². The molecule has 0 saturated heterocycles. The minimum Gasteiger partial charge on any atom is -0.462 e. The Bertz CT molecular complexity index is 1120. The molecule has 0 bridgehead atoms. The van der Waals surface area contributed by atoms with Gasteiger partial charge in [0.05, 0.1) is 24.3 Å². The molecule has 0 aliphatic carbocycles. The quantitative estimate of drug-likeness (QED) is 0.272. The molecule has 2 heterocycles. The van der Waals surface area contributed by atoms with E-state index in [1.54, 1.807) is 13.1 Å². The molecule has 162 valence electrons. The van der Waals surface area contributed by atoms with Crippen LogP contribution in [0.1, 0.15) is 33.4 Å². The number of hydrogen-bond acceptors (Lipinski definition) is 8. The third-order valence-corrected chi connectivity index (χ3v) is 5.13. The van der Waals surface area contributed by atoms with Gasteiger partial charge in [-0.25, -0.2) is 14.5 Å². The lowest BCUT2D eigenvalue weighted by Gasteiger charge is -2.05. The zero-order valence-electron chi connectivity index (χ0n) is 16.9. The first-order valence-corrected chi connectivity index (χ1v) is 10.2. The van der Waals surface area contributed by atoms with E-state index >= 15 is 0 Å². The molecule has 0 aliphatic heterocycles. The van der Waals surface area contributed by atoms with Gasteiger partial charge >= 0.3 is 5.97 Å². The smallest absolute Gasteiger partial charge is 0.342 e. The van der Waals surface area contributed by atoms with E-state index in [0.29, 0.717) is 10.9 Å². The van der Waals surface area contributed by atoms with Crippen molar-refractivity contribution in [1.82, 2.24) is 9.66 Å². The van der Waals surface area contributed by atoms with Gasteiger partial charge in [0.1, 0.15) is 16.9 Å². The van der Waals surface area contributed by atoms with Crippen LogP contribution in [0.2, 0.25) is 0 Å². The average Bonchev–Trinajstić information content (AvgIpc) is 3.26. The highest BCUT2D eigenvalue weighted by atomic mass is 32.2. The van der Waals surface area contributed by atoms with Crippen molar-refractivity contribution in [2.45, 2.75) is 19.0 Å². The largest absolute Gasteiger partial charge is 0.462 e. The number of thioether (sulfide) groups is 1. The molecule has 11 heteroatoms. The van der Waals surface area contributed by atoms with Gasteiger partial charge in [-0.15, -0.1) is 0 Å². The number of amides is 2. The molecule has 0 aliphatic rings. The highest BCUT2D eigenvalue weighted by Gasteiger charge is 2.29. The molecule has 2 aromatic heterocycles. The van der Waals surface area contributed by atoms with Gasteiger partial charge in [0.15, 0.2) is 5.16 Å². The Kier molecular flexibility index (Phi) is 6.65. The van der Waals surface area contributed by atoms with Crippen molar-refractivity contribution in [3.05, 3.63) is 53.4 Å². The van der Waals surface area contributed by atoms with Crippen molar-refractivity contribution < 1.29 is 23.5 Å². The molecule has 2 amide bonds. The third-order valence-electron chi connectivity index (χ3n) is 4.16. The molecular formula is C20H21N5O5S. The second-order valence-electron chi connectivity index (χ2n) is 6.34. The molecular weight excluding hydrogens is 422 g/mol. The van der Waals surface area contributed by atoms with Gasteiger partial charge in [-0.3, -0.25) is 14.9 Å². The number of carbonyl (C=O) groups is 3. The summed E-state index contributed by atoms with van der Waals surface area (Å²) in [6.07, 6.45) is 1.66. The zero-order chi connectivity index (χ0) is 22.5. The molecule has 5 N–H and O–H groups in total. The summed E-state index contributed by atoms with van der Waals surface area (Å²) < 4.78 is 11.6. The van der Waals surface area contributed by atoms with Crippen LogP contribution in [-0.4, -0.2) is 39.8 Å². The fraction of sp³-hybridized carbons (Fsp3) is 0.200. The summed E-state index contributed by atoms with van der Waals surface area (Å²) in [5, 5.41) is 2.89. The van der Waals surface area contributed by atoms with Crippen molar-refractivity contribution in [3.8, 4) is 11.3 Å². The van der Waals surface area contributed by atoms with Gasteiger partial charge < -0.3 is 20.7 Å². The summed E-state index contributed by atoms with van der Waals surface area (Å²) in [4.78, 5) is 40.9. The van der Waals surface area contributed by atoms with Crippen molar-refractivity contribution >= 4 is 35.4 Å². The molecule has 0 spiro atoms.